The summed E-state index contributed by atoms with van der Waals surface area (Å²) in [6.07, 6.45) is 2.89. The highest BCUT2D eigenvalue weighted by molar-refractivity contribution is 7.80. The third-order valence-corrected chi connectivity index (χ3v) is 3.16. The predicted molar refractivity (Wildman–Crippen MR) is 55.4 cm³/mol. The van der Waals surface area contributed by atoms with Gasteiger partial charge in [0, 0.05) is 19.5 Å². The molecule has 1 amide bonds. The molecule has 0 aromatic rings. The lowest BCUT2D eigenvalue weighted by molar-refractivity contribution is -0.149. The van der Waals surface area contributed by atoms with Gasteiger partial charge in [-0.2, -0.15) is 0 Å². The van der Waals surface area contributed by atoms with Crippen molar-refractivity contribution in [1.82, 2.24) is 9.80 Å². The second kappa shape index (κ2) is 3.03. The number of carbonyl (C=O) groups is 1. The molecule has 2 rings (SSSR count). The van der Waals surface area contributed by atoms with Gasteiger partial charge in [0.05, 0.1) is 0 Å². The number of carbonyl (C=O) groups excluding carboxylic acids is 1. The van der Waals surface area contributed by atoms with Gasteiger partial charge >= 0.3 is 0 Å². The summed E-state index contributed by atoms with van der Waals surface area (Å²) in [6.45, 7) is 4.59. The van der Waals surface area contributed by atoms with Crippen LogP contribution in [0.25, 0.3) is 0 Å². The first-order valence-corrected chi connectivity index (χ1v) is 4.99. The summed E-state index contributed by atoms with van der Waals surface area (Å²) < 4.78 is 0. The van der Waals surface area contributed by atoms with Crippen molar-refractivity contribution >= 4 is 23.2 Å². The van der Waals surface area contributed by atoms with Crippen LogP contribution in [0, 0.1) is 0 Å². The van der Waals surface area contributed by atoms with Crippen LogP contribution < -0.4 is 0 Å². The molecule has 0 radical (unpaired) electrons. The summed E-state index contributed by atoms with van der Waals surface area (Å²) in [6, 6.07) is 0. The molecule has 76 valence electrons. The lowest BCUT2D eigenvalue weighted by atomic mass is 10.1. The van der Waals surface area contributed by atoms with Gasteiger partial charge in [-0.05, 0) is 18.6 Å². The van der Waals surface area contributed by atoms with Crippen molar-refractivity contribution in [1.29, 1.82) is 0 Å². The zero-order chi connectivity index (χ0) is 10.3. The van der Waals surface area contributed by atoms with Crippen LogP contribution in [0.4, 0.5) is 0 Å². The average Bonchev–Trinajstić information content (AvgIpc) is 2.61. The van der Waals surface area contributed by atoms with Crippen LogP contribution in [0.5, 0.6) is 0 Å². The van der Waals surface area contributed by atoms with Gasteiger partial charge in [0.15, 0.2) is 5.11 Å². The molecule has 0 unspecified atom stereocenters. The fourth-order valence-corrected chi connectivity index (χ4v) is 2.42. The van der Waals surface area contributed by atoms with E-state index in [0.29, 0.717) is 24.6 Å². The summed E-state index contributed by atoms with van der Waals surface area (Å²) in [5.74, 6) is -0.306. The number of aliphatic hydroxyl groups is 1. The molecule has 1 N–H and O–H groups in total. The molecule has 0 aromatic heterocycles. The third kappa shape index (κ3) is 1.02. The van der Waals surface area contributed by atoms with E-state index in [4.69, 9.17) is 12.2 Å². The molecular weight excluding hydrogens is 200 g/mol. The number of thiocarbonyl (C=S) groups is 1. The Hall–Kier alpha value is -0.940. The Kier molecular flexibility index (Phi) is 2.08. The molecule has 0 aliphatic carbocycles. The Bertz CT molecular complexity index is 318. The van der Waals surface area contributed by atoms with Crippen molar-refractivity contribution < 1.29 is 9.90 Å². The lowest BCUT2D eigenvalue weighted by Crippen LogP contribution is -2.44. The predicted octanol–water partition coefficient (Wildman–Crippen LogP) is 0.0839. The number of amides is 1. The van der Waals surface area contributed by atoms with Gasteiger partial charge in [-0.15, -0.1) is 6.58 Å². The maximum absolute atomic E-state index is 11.8. The Balaban J connectivity index is 2.32. The molecule has 0 spiro atoms. The van der Waals surface area contributed by atoms with Gasteiger partial charge in [-0.1, -0.05) is 6.08 Å². The smallest absolute Gasteiger partial charge is 0.282 e. The van der Waals surface area contributed by atoms with E-state index in [1.807, 2.05) is 0 Å². The standard InChI is InChI=1S/C9H12N2O2S/c1-2-5-10-7(12)9(13)4-3-6-11(9)8(10)14/h2,13H,1,3-6H2/t9-/m0/s1. The van der Waals surface area contributed by atoms with E-state index in [0.717, 1.165) is 6.42 Å². The van der Waals surface area contributed by atoms with Crippen LogP contribution in [0.3, 0.4) is 0 Å². The zero-order valence-corrected chi connectivity index (χ0v) is 8.59. The Morgan fingerprint density at radius 2 is 2.43 bits per heavy atom. The van der Waals surface area contributed by atoms with E-state index < -0.39 is 5.72 Å². The van der Waals surface area contributed by atoms with Gasteiger partial charge in [0.2, 0.25) is 5.72 Å². The SMILES string of the molecule is C=CCN1C(=O)[C@@]2(O)CCCN2C1=S. The number of nitrogens with zero attached hydrogens (tertiary/aromatic N) is 2. The third-order valence-electron chi connectivity index (χ3n) is 2.71. The highest BCUT2D eigenvalue weighted by atomic mass is 32.1. The molecule has 2 aliphatic heterocycles. The van der Waals surface area contributed by atoms with Crippen molar-refractivity contribution in [2.24, 2.45) is 0 Å². The minimum atomic E-state index is -1.36. The Labute approximate surface area is 87.8 Å². The molecule has 4 nitrogen and oxygen atoms in total. The van der Waals surface area contributed by atoms with Crippen LogP contribution in [-0.4, -0.2) is 44.7 Å². The van der Waals surface area contributed by atoms with Crippen LogP contribution >= 0.6 is 12.2 Å². The van der Waals surface area contributed by atoms with Gasteiger partial charge < -0.3 is 10.0 Å². The molecule has 2 saturated heterocycles. The van der Waals surface area contributed by atoms with E-state index in [1.54, 1.807) is 11.0 Å². The van der Waals surface area contributed by atoms with Crippen molar-refractivity contribution in [3.05, 3.63) is 12.7 Å². The van der Waals surface area contributed by atoms with E-state index in [1.165, 1.54) is 4.90 Å². The molecule has 1 atom stereocenters. The highest BCUT2D eigenvalue weighted by Crippen LogP contribution is 2.35. The second-order valence-corrected chi connectivity index (χ2v) is 3.92. The number of rotatable bonds is 2. The maximum Gasteiger partial charge on any atom is 0.282 e. The summed E-state index contributed by atoms with van der Waals surface area (Å²) in [7, 11) is 0. The van der Waals surface area contributed by atoms with Gasteiger partial charge in [-0.3, -0.25) is 9.69 Å². The molecule has 14 heavy (non-hydrogen) atoms. The van der Waals surface area contributed by atoms with Crippen LogP contribution in [0.1, 0.15) is 12.8 Å². The van der Waals surface area contributed by atoms with Crippen LogP contribution in [0.15, 0.2) is 12.7 Å². The first kappa shape index (κ1) is 9.61. The molecule has 0 bridgehead atoms. The summed E-state index contributed by atoms with van der Waals surface area (Å²) >= 11 is 5.12. The fourth-order valence-electron chi connectivity index (χ4n) is 2.02. The minimum Gasteiger partial charge on any atom is -0.363 e. The molecule has 0 aromatic carbocycles. The molecule has 5 heteroatoms. The number of fused-ring (bicyclic) bond motifs is 1. The topological polar surface area (TPSA) is 43.8 Å². The maximum atomic E-state index is 11.8. The number of hydrogen-bond donors (Lipinski definition) is 1. The molecule has 2 aliphatic rings. The lowest BCUT2D eigenvalue weighted by Gasteiger charge is -2.22. The van der Waals surface area contributed by atoms with Crippen LogP contribution in [-0.2, 0) is 4.79 Å². The Morgan fingerprint density at radius 1 is 1.71 bits per heavy atom. The van der Waals surface area contributed by atoms with Crippen LogP contribution in [0.2, 0.25) is 0 Å². The average molecular weight is 212 g/mol. The van der Waals surface area contributed by atoms with E-state index in [9.17, 15) is 9.90 Å². The minimum absolute atomic E-state index is 0.306. The summed E-state index contributed by atoms with van der Waals surface area (Å²) in [4.78, 5) is 14.8. The quantitative estimate of drug-likeness (QED) is 0.520. The second-order valence-electron chi connectivity index (χ2n) is 3.56. The van der Waals surface area contributed by atoms with Gasteiger partial charge in [0.1, 0.15) is 0 Å². The van der Waals surface area contributed by atoms with E-state index in [-0.39, 0.29) is 5.91 Å². The van der Waals surface area contributed by atoms with Crippen molar-refractivity contribution in [3.63, 3.8) is 0 Å². The van der Waals surface area contributed by atoms with Crippen molar-refractivity contribution in [2.75, 3.05) is 13.1 Å². The highest BCUT2D eigenvalue weighted by Gasteiger charge is 2.56. The number of hydrogen-bond acceptors (Lipinski definition) is 3. The first-order chi connectivity index (χ1) is 6.61. The Morgan fingerprint density at radius 3 is 3.00 bits per heavy atom. The first-order valence-electron chi connectivity index (χ1n) is 4.58. The molecule has 0 saturated carbocycles. The summed E-state index contributed by atoms with van der Waals surface area (Å²) in [5, 5.41) is 10.5. The van der Waals surface area contributed by atoms with Gasteiger partial charge in [0.25, 0.3) is 5.91 Å². The molecular formula is C9H12N2O2S. The zero-order valence-electron chi connectivity index (χ0n) is 7.77. The molecule has 2 heterocycles. The monoisotopic (exact) mass is 212 g/mol. The van der Waals surface area contributed by atoms with Gasteiger partial charge in [-0.25, -0.2) is 0 Å². The normalized spacial score (nSPS) is 31.2. The van der Waals surface area contributed by atoms with E-state index in [2.05, 4.69) is 6.58 Å². The largest absolute Gasteiger partial charge is 0.363 e. The van der Waals surface area contributed by atoms with Crippen molar-refractivity contribution in [2.45, 2.75) is 18.6 Å². The van der Waals surface area contributed by atoms with Crippen molar-refractivity contribution in [3.8, 4) is 0 Å². The summed E-state index contributed by atoms with van der Waals surface area (Å²) in [5.41, 5.74) is -1.36. The molecule has 2 fully saturated rings. The van der Waals surface area contributed by atoms with E-state index >= 15 is 0 Å². The fraction of sp³-hybridized carbons (Fsp3) is 0.556.